The maximum Gasteiger partial charge on any atom is 0.251 e. The molecule has 5 heteroatoms. The number of halogens is 2. The summed E-state index contributed by atoms with van der Waals surface area (Å²) in [4.78, 5) is 12.0. The lowest BCUT2D eigenvalue weighted by Crippen LogP contribution is -2.32. The Kier molecular flexibility index (Phi) is 5.25. The predicted octanol–water partition coefficient (Wildman–Crippen LogP) is 3.38. The summed E-state index contributed by atoms with van der Waals surface area (Å²) in [7, 11) is 0. The number of rotatable bonds is 3. The van der Waals surface area contributed by atoms with E-state index in [9.17, 15) is 9.90 Å². The Morgan fingerprint density at radius 3 is 2.63 bits per heavy atom. The molecule has 1 fully saturated rings. The maximum atomic E-state index is 12.0. The molecule has 2 rings (SSSR count). The van der Waals surface area contributed by atoms with E-state index >= 15 is 0 Å². The smallest absolute Gasteiger partial charge is 0.251 e. The van der Waals surface area contributed by atoms with Crippen molar-refractivity contribution in [3.05, 3.63) is 33.3 Å². The molecule has 0 heterocycles. The molecule has 1 aliphatic rings. The van der Waals surface area contributed by atoms with Gasteiger partial charge >= 0.3 is 0 Å². The molecule has 1 saturated carbocycles. The lowest BCUT2D eigenvalue weighted by Gasteiger charge is -2.25. The molecular weight excluding hydrogens is 330 g/mol. The first-order valence-corrected chi connectivity index (χ1v) is 7.64. The fourth-order valence-corrected chi connectivity index (χ4v) is 3.23. The molecule has 0 saturated heterocycles. The average molecular weight is 347 g/mol. The number of carbonyl (C=O) groups is 1. The Bertz CT molecular complexity index is 439. The SMILES string of the molecule is O=C(NCC1CCC(O)CC1)c1cc(Cl)cc(Br)c1. The highest BCUT2D eigenvalue weighted by molar-refractivity contribution is 9.10. The van der Waals surface area contributed by atoms with Crippen molar-refractivity contribution in [3.8, 4) is 0 Å². The summed E-state index contributed by atoms with van der Waals surface area (Å²) in [6.07, 6.45) is 3.46. The van der Waals surface area contributed by atoms with Gasteiger partial charge in [0.05, 0.1) is 6.10 Å². The maximum absolute atomic E-state index is 12.0. The molecule has 3 nitrogen and oxygen atoms in total. The number of hydrogen-bond acceptors (Lipinski definition) is 2. The molecule has 0 atom stereocenters. The van der Waals surface area contributed by atoms with Crippen LogP contribution >= 0.6 is 27.5 Å². The van der Waals surface area contributed by atoms with Gasteiger partial charge in [-0.15, -0.1) is 0 Å². The van der Waals surface area contributed by atoms with E-state index in [1.54, 1.807) is 18.2 Å². The minimum Gasteiger partial charge on any atom is -0.393 e. The minimum atomic E-state index is -0.157. The van der Waals surface area contributed by atoms with Crippen LogP contribution in [-0.2, 0) is 0 Å². The molecule has 1 amide bonds. The van der Waals surface area contributed by atoms with Crippen LogP contribution < -0.4 is 5.32 Å². The topological polar surface area (TPSA) is 49.3 Å². The summed E-state index contributed by atoms with van der Waals surface area (Å²) >= 11 is 9.24. The summed E-state index contributed by atoms with van der Waals surface area (Å²) < 4.78 is 0.797. The van der Waals surface area contributed by atoms with Gasteiger partial charge in [-0.1, -0.05) is 27.5 Å². The van der Waals surface area contributed by atoms with E-state index in [0.717, 1.165) is 30.2 Å². The number of benzene rings is 1. The van der Waals surface area contributed by atoms with Crippen molar-refractivity contribution >= 4 is 33.4 Å². The summed E-state index contributed by atoms with van der Waals surface area (Å²) in [6, 6.07) is 5.17. The van der Waals surface area contributed by atoms with Crippen LogP contribution in [-0.4, -0.2) is 23.7 Å². The molecule has 104 valence electrons. The first-order chi connectivity index (χ1) is 9.04. The Morgan fingerprint density at radius 2 is 2.00 bits per heavy atom. The standard InChI is InChI=1S/C14H17BrClNO2/c15-11-5-10(6-12(16)7-11)14(19)17-8-9-1-3-13(18)4-2-9/h5-7,9,13,18H,1-4,8H2,(H,17,19). The zero-order chi connectivity index (χ0) is 13.8. The Hall–Kier alpha value is -0.580. The summed E-state index contributed by atoms with van der Waals surface area (Å²) in [6.45, 7) is 0.662. The van der Waals surface area contributed by atoms with Crippen LogP contribution in [0.2, 0.25) is 5.02 Å². The van der Waals surface area contributed by atoms with E-state index in [-0.39, 0.29) is 12.0 Å². The number of nitrogens with one attached hydrogen (secondary N) is 1. The van der Waals surface area contributed by atoms with Gasteiger partial charge in [-0.3, -0.25) is 4.79 Å². The fraction of sp³-hybridized carbons (Fsp3) is 0.500. The first kappa shape index (κ1) is 14.8. The molecule has 0 radical (unpaired) electrons. The lowest BCUT2D eigenvalue weighted by atomic mass is 9.87. The third-order valence-electron chi connectivity index (χ3n) is 3.49. The van der Waals surface area contributed by atoms with E-state index in [2.05, 4.69) is 21.2 Å². The molecule has 0 aromatic heterocycles. The summed E-state index contributed by atoms with van der Waals surface area (Å²) in [5, 5.41) is 12.9. The second kappa shape index (κ2) is 6.73. The van der Waals surface area contributed by atoms with E-state index in [1.165, 1.54) is 0 Å². The molecule has 0 unspecified atom stereocenters. The lowest BCUT2D eigenvalue weighted by molar-refractivity contribution is 0.0910. The molecule has 19 heavy (non-hydrogen) atoms. The van der Waals surface area contributed by atoms with Crippen LogP contribution in [0.1, 0.15) is 36.0 Å². The molecule has 1 aromatic carbocycles. The van der Waals surface area contributed by atoms with Crippen molar-refractivity contribution in [2.45, 2.75) is 31.8 Å². The normalized spacial score (nSPS) is 23.1. The molecule has 0 bridgehead atoms. The predicted molar refractivity (Wildman–Crippen MR) is 79.5 cm³/mol. The van der Waals surface area contributed by atoms with Gasteiger partial charge in [-0.05, 0) is 49.8 Å². The van der Waals surface area contributed by atoms with E-state index in [0.29, 0.717) is 23.0 Å². The highest BCUT2D eigenvalue weighted by Gasteiger charge is 2.20. The molecule has 1 aromatic rings. The first-order valence-electron chi connectivity index (χ1n) is 6.47. The van der Waals surface area contributed by atoms with Crippen molar-refractivity contribution in [1.29, 1.82) is 0 Å². The number of aliphatic hydroxyl groups is 1. The monoisotopic (exact) mass is 345 g/mol. The third kappa shape index (κ3) is 4.48. The van der Waals surface area contributed by atoms with Crippen LogP contribution in [0, 0.1) is 5.92 Å². The minimum absolute atomic E-state index is 0.102. The van der Waals surface area contributed by atoms with Gasteiger partial charge in [0.15, 0.2) is 0 Å². The van der Waals surface area contributed by atoms with Gasteiger partial charge in [0.1, 0.15) is 0 Å². The molecular formula is C14H17BrClNO2. The van der Waals surface area contributed by atoms with Crippen LogP contribution in [0.3, 0.4) is 0 Å². The Morgan fingerprint density at radius 1 is 1.32 bits per heavy atom. The highest BCUT2D eigenvalue weighted by Crippen LogP contribution is 2.24. The van der Waals surface area contributed by atoms with Crippen molar-refractivity contribution in [2.24, 2.45) is 5.92 Å². The second-order valence-corrected chi connectivity index (χ2v) is 6.39. The van der Waals surface area contributed by atoms with Crippen molar-refractivity contribution in [1.82, 2.24) is 5.32 Å². The Balaban J connectivity index is 1.87. The van der Waals surface area contributed by atoms with Crippen LogP contribution in [0.25, 0.3) is 0 Å². The van der Waals surface area contributed by atoms with Gasteiger partial charge in [0.25, 0.3) is 5.91 Å². The highest BCUT2D eigenvalue weighted by atomic mass is 79.9. The quantitative estimate of drug-likeness (QED) is 0.881. The van der Waals surface area contributed by atoms with Crippen molar-refractivity contribution in [3.63, 3.8) is 0 Å². The number of carbonyl (C=O) groups excluding carboxylic acids is 1. The van der Waals surface area contributed by atoms with Crippen molar-refractivity contribution in [2.75, 3.05) is 6.54 Å². The zero-order valence-corrected chi connectivity index (χ0v) is 12.9. The molecule has 2 N–H and O–H groups in total. The summed E-state index contributed by atoms with van der Waals surface area (Å²) in [5.74, 6) is 0.365. The second-order valence-electron chi connectivity index (χ2n) is 5.04. The number of aliphatic hydroxyl groups excluding tert-OH is 1. The van der Waals surface area contributed by atoms with Gasteiger partial charge in [0, 0.05) is 21.6 Å². The number of hydrogen-bond donors (Lipinski definition) is 2. The van der Waals surface area contributed by atoms with Crippen molar-refractivity contribution < 1.29 is 9.90 Å². The van der Waals surface area contributed by atoms with E-state index in [4.69, 9.17) is 11.6 Å². The van der Waals surface area contributed by atoms with Crippen LogP contribution in [0.15, 0.2) is 22.7 Å². The fourth-order valence-electron chi connectivity index (χ4n) is 2.37. The van der Waals surface area contributed by atoms with Gasteiger partial charge in [0.2, 0.25) is 0 Å². The zero-order valence-electron chi connectivity index (χ0n) is 10.5. The van der Waals surface area contributed by atoms with Crippen LogP contribution in [0.4, 0.5) is 0 Å². The molecule has 0 aliphatic heterocycles. The van der Waals surface area contributed by atoms with Gasteiger partial charge < -0.3 is 10.4 Å². The number of amides is 1. The summed E-state index contributed by atoms with van der Waals surface area (Å²) in [5.41, 5.74) is 0.565. The van der Waals surface area contributed by atoms with Gasteiger partial charge in [-0.2, -0.15) is 0 Å². The molecule has 0 spiro atoms. The average Bonchev–Trinajstić information content (AvgIpc) is 2.36. The van der Waals surface area contributed by atoms with E-state index in [1.807, 2.05) is 0 Å². The molecule has 1 aliphatic carbocycles. The van der Waals surface area contributed by atoms with E-state index < -0.39 is 0 Å². The Labute approximate surface area is 126 Å². The van der Waals surface area contributed by atoms with Gasteiger partial charge in [-0.25, -0.2) is 0 Å². The van der Waals surface area contributed by atoms with Crippen LogP contribution in [0.5, 0.6) is 0 Å². The largest absolute Gasteiger partial charge is 0.393 e. The third-order valence-corrected chi connectivity index (χ3v) is 4.17.